The Kier molecular flexibility index (Phi) is 2.12. The molecule has 2 nitrogen and oxygen atoms in total. The first-order valence-corrected chi connectivity index (χ1v) is 3.01. The fourth-order valence-electron chi connectivity index (χ4n) is 0.648. The quantitative estimate of drug-likeness (QED) is 0.664. The molecule has 0 amide bonds. The Hall–Kier alpha value is -1.39. The van der Waals surface area contributed by atoms with Gasteiger partial charge in [-0.3, -0.25) is 0 Å². The number of benzene rings is 1. The van der Waals surface area contributed by atoms with Crippen LogP contribution >= 0.6 is 0 Å². The zero-order chi connectivity index (χ0) is 9.19. The Morgan fingerprint density at radius 3 is 2.58 bits per heavy atom. The van der Waals surface area contributed by atoms with Gasteiger partial charge in [-0.2, -0.15) is 0 Å². The number of nitrogens with two attached hydrogens (primary N) is 1. The van der Waals surface area contributed by atoms with Crippen LogP contribution in [0.3, 0.4) is 0 Å². The van der Waals surface area contributed by atoms with Crippen molar-refractivity contribution in [2.24, 2.45) is 0 Å². The molecule has 0 saturated heterocycles. The third-order valence-electron chi connectivity index (χ3n) is 1.07. The van der Waals surface area contributed by atoms with Gasteiger partial charge in [0, 0.05) is 6.07 Å². The summed E-state index contributed by atoms with van der Waals surface area (Å²) in [6.45, 7) is 0. The van der Waals surface area contributed by atoms with Crippen LogP contribution < -0.4 is 10.5 Å². The topological polar surface area (TPSA) is 35.2 Å². The van der Waals surface area contributed by atoms with Crippen LogP contribution in [0.1, 0.15) is 0 Å². The molecule has 0 unspecified atom stereocenters. The summed E-state index contributed by atoms with van der Waals surface area (Å²) in [5, 5.41) is 0. The molecule has 1 aromatic rings. The van der Waals surface area contributed by atoms with Crippen LogP contribution in [0.15, 0.2) is 18.2 Å². The Morgan fingerprint density at radius 2 is 2.08 bits per heavy atom. The van der Waals surface area contributed by atoms with E-state index in [-0.39, 0.29) is 5.69 Å². The lowest BCUT2D eigenvalue weighted by molar-refractivity contribution is -0.274. The monoisotopic (exact) mass is 176 g/mol. The normalized spacial score (nSPS) is 11.2. The van der Waals surface area contributed by atoms with Gasteiger partial charge in [-0.25, -0.2) is 0 Å². The molecule has 0 spiro atoms. The highest BCUT2D eigenvalue weighted by Crippen LogP contribution is 2.26. The average molecular weight is 176 g/mol. The number of halogens is 3. The number of ether oxygens (including phenoxy) is 1. The molecule has 1 aromatic carbocycles. The lowest BCUT2D eigenvalue weighted by Crippen LogP contribution is -2.17. The van der Waals surface area contributed by atoms with E-state index >= 15 is 0 Å². The van der Waals surface area contributed by atoms with E-state index < -0.39 is 12.1 Å². The molecular formula is C7H5F3NO. The predicted octanol–water partition coefficient (Wildman–Crippen LogP) is 1.97. The maximum atomic E-state index is 11.6. The smallest absolute Gasteiger partial charge is 0.404 e. The highest BCUT2D eigenvalue weighted by molar-refractivity contribution is 5.50. The van der Waals surface area contributed by atoms with E-state index in [0.717, 1.165) is 6.07 Å². The fourth-order valence-corrected chi connectivity index (χ4v) is 0.648. The SMILES string of the molecule is Nc1[c]cccc1OC(F)(F)F. The Balaban J connectivity index is 2.83. The molecule has 1 radical (unpaired) electrons. The maximum absolute atomic E-state index is 11.6. The minimum Gasteiger partial charge on any atom is -0.404 e. The summed E-state index contributed by atoms with van der Waals surface area (Å²) < 4.78 is 38.5. The van der Waals surface area contributed by atoms with Crippen molar-refractivity contribution in [2.45, 2.75) is 6.36 Å². The predicted molar refractivity (Wildman–Crippen MR) is 36.4 cm³/mol. The van der Waals surface area contributed by atoms with Gasteiger partial charge >= 0.3 is 6.36 Å². The third-order valence-corrected chi connectivity index (χ3v) is 1.07. The summed E-state index contributed by atoms with van der Waals surface area (Å²) in [5.74, 6) is -0.426. The van der Waals surface area contributed by atoms with E-state index in [1.54, 1.807) is 0 Å². The van der Waals surface area contributed by atoms with E-state index in [1.807, 2.05) is 0 Å². The number of rotatable bonds is 1. The summed E-state index contributed by atoms with van der Waals surface area (Å²) in [6.07, 6.45) is -4.71. The number of alkyl halides is 3. The van der Waals surface area contributed by atoms with Crippen LogP contribution in [-0.4, -0.2) is 6.36 Å². The summed E-state index contributed by atoms with van der Waals surface area (Å²) in [7, 11) is 0. The van der Waals surface area contributed by atoms with E-state index in [4.69, 9.17) is 5.73 Å². The Morgan fingerprint density at radius 1 is 1.42 bits per heavy atom. The zero-order valence-electron chi connectivity index (χ0n) is 5.85. The lowest BCUT2D eigenvalue weighted by atomic mass is 10.3. The van der Waals surface area contributed by atoms with Crippen molar-refractivity contribution in [3.8, 4) is 5.75 Å². The summed E-state index contributed by atoms with van der Waals surface area (Å²) >= 11 is 0. The highest BCUT2D eigenvalue weighted by Gasteiger charge is 2.31. The van der Waals surface area contributed by atoms with Crippen molar-refractivity contribution in [3.05, 3.63) is 24.3 Å². The first kappa shape index (κ1) is 8.70. The molecule has 0 aliphatic carbocycles. The minimum absolute atomic E-state index is 0.158. The number of hydrogen-bond donors (Lipinski definition) is 1. The van der Waals surface area contributed by atoms with Crippen molar-refractivity contribution in [3.63, 3.8) is 0 Å². The van der Waals surface area contributed by atoms with Crippen LogP contribution in [0.25, 0.3) is 0 Å². The zero-order valence-corrected chi connectivity index (χ0v) is 5.85. The van der Waals surface area contributed by atoms with E-state index in [9.17, 15) is 13.2 Å². The molecule has 65 valence electrons. The average Bonchev–Trinajstić information content (AvgIpc) is 1.91. The van der Waals surface area contributed by atoms with E-state index in [0.29, 0.717) is 0 Å². The van der Waals surface area contributed by atoms with Gasteiger partial charge < -0.3 is 10.5 Å². The molecule has 0 atom stereocenters. The molecule has 5 heteroatoms. The minimum atomic E-state index is -4.71. The molecular weight excluding hydrogens is 171 g/mol. The second-order valence-electron chi connectivity index (χ2n) is 2.00. The molecule has 0 aliphatic heterocycles. The van der Waals surface area contributed by atoms with Gasteiger partial charge in [0.25, 0.3) is 0 Å². The van der Waals surface area contributed by atoms with E-state index in [1.165, 1.54) is 12.1 Å². The molecule has 0 heterocycles. The van der Waals surface area contributed by atoms with Gasteiger partial charge in [0.15, 0.2) is 5.75 Å². The van der Waals surface area contributed by atoms with Crippen LogP contribution in [0.4, 0.5) is 18.9 Å². The van der Waals surface area contributed by atoms with Crippen LogP contribution in [0.2, 0.25) is 0 Å². The lowest BCUT2D eigenvalue weighted by Gasteiger charge is -2.09. The molecule has 0 aliphatic rings. The van der Waals surface area contributed by atoms with Gasteiger partial charge in [-0.05, 0) is 6.07 Å². The van der Waals surface area contributed by atoms with Gasteiger partial charge in [0.1, 0.15) is 0 Å². The molecule has 2 N–H and O–H groups in total. The van der Waals surface area contributed by atoms with Crippen molar-refractivity contribution < 1.29 is 17.9 Å². The van der Waals surface area contributed by atoms with E-state index in [2.05, 4.69) is 10.8 Å². The van der Waals surface area contributed by atoms with Crippen molar-refractivity contribution in [1.29, 1.82) is 0 Å². The van der Waals surface area contributed by atoms with Crippen molar-refractivity contribution >= 4 is 5.69 Å². The summed E-state index contributed by atoms with van der Waals surface area (Å²) in [6, 6.07) is 6.26. The maximum Gasteiger partial charge on any atom is 0.573 e. The highest BCUT2D eigenvalue weighted by atomic mass is 19.4. The van der Waals surface area contributed by atoms with Gasteiger partial charge in [-0.15, -0.1) is 13.2 Å². The number of anilines is 1. The van der Waals surface area contributed by atoms with Crippen LogP contribution in [0.5, 0.6) is 5.75 Å². The van der Waals surface area contributed by atoms with Gasteiger partial charge in [-0.1, -0.05) is 12.1 Å². The van der Waals surface area contributed by atoms with Crippen LogP contribution in [-0.2, 0) is 0 Å². The molecule has 0 saturated carbocycles. The molecule has 0 fully saturated rings. The molecule has 0 bridgehead atoms. The first-order chi connectivity index (χ1) is 5.49. The standard InChI is InChI=1S/C7H5F3NO/c8-7(9,10)12-6-4-2-1-3-5(6)11/h1-2,4H,11H2. The number of hydrogen-bond acceptors (Lipinski definition) is 2. The Bertz CT molecular complexity index is 272. The molecule has 1 rings (SSSR count). The summed E-state index contributed by atoms with van der Waals surface area (Å²) in [4.78, 5) is 0. The summed E-state index contributed by atoms with van der Waals surface area (Å²) in [5.41, 5.74) is 4.99. The van der Waals surface area contributed by atoms with Gasteiger partial charge in [0.05, 0.1) is 5.69 Å². The van der Waals surface area contributed by atoms with Gasteiger partial charge in [0.2, 0.25) is 0 Å². The molecule has 12 heavy (non-hydrogen) atoms. The first-order valence-electron chi connectivity index (χ1n) is 3.01. The fraction of sp³-hybridized carbons (Fsp3) is 0.143. The Labute approximate surface area is 66.7 Å². The van der Waals surface area contributed by atoms with Crippen molar-refractivity contribution in [1.82, 2.24) is 0 Å². The second-order valence-corrected chi connectivity index (χ2v) is 2.00. The van der Waals surface area contributed by atoms with Crippen LogP contribution in [0, 0.1) is 6.07 Å². The second kappa shape index (κ2) is 2.92. The number of para-hydroxylation sites is 1. The third kappa shape index (κ3) is 2.34. The number of nitrogen functional groups attached to an aromatic ring is 1. The van der Waals surface area contributed by atoms with Crippen molar-refractivity contribution in [2.75, 3.05) is 5.73 Å². The molecule has 0 aromatic heterocycles. The largest absolute Gasteiger partial charge is 0.573 e.